The second kappa shape index (κ2) is 8.32. The maximum absolute atomic E-state index is 12.9. The van der Waals surface area contributed by atoms with Crippen LogP contribution in [0.25, 0.3) is 21.3 Å². The molecule has 1 N–H and O–H groups in total. The van der Waals surface area contributed by atoms with E-state index >= 15 is 0 Å². The molecule has 1 aliphatic heterocycles. The summed E-state index contributed by atoms with van der Waals surface area (Å²) in [5.41, 5.74) is 5.12. The van der Waals surface area contributed by atoms with Crippen molar-refractivity contribution in [3.05, 3.63) is 75.4 Å². The summed E-state index contributed by atoms with van der Waals surface area (Å²) in [6.45, 7) is 2.77. The highest BCUT2D eigenvalue weighted by atomic mass is 32.2. The molecule has 2 aromatic heterocycles. The minimum atomic E-state index is -0.167. The highest BCUT2D eigenvalue weighted by Gasteiger charge is 2.22. The molecule has 0 unspecified atom stereocenters. The number of nitrogens with one attached hydrogen (secondary N) is 1. The van der Waals surface area contributed by atoms with Crippen LogP contribution in [0.1, 0.15) is 17.5 Å². The molecule has 0 bridgehead atoms. The van der Waals surface area contributed by atoms with E-state index in [9.17, 15) is 9.59 Å². The molecular formula is C24H21N3O2S2. The Morgan fingerprint density at radius 3 is 2.84 bits per heavy atom. The summed E-state index contributed by atoms with van der Waals surface area (Å²) >= 11 is 2.74. The number of thioether (sulfide) groups is 1. The Morgan fingerprint density at radius 1 is 1.19 bits per heavy atom. The summed E-state index contributed by atoms with van der Waals surface area (Å²) in [7, 11) is 0. The van der Waals surface area contributed by atoms with E-state index in [1.165, 1.54) is 34.2 Å². The van der Waals surface area contributed by atoms with Gasteiger partial charge in [0.15, 0.2) is 5.16 Å². The lowest BCUT2D eigenvalue weighted by atomic mass is 10.0. The van der Waals surface area contributed by atoms with Crippen LogP contribution in [-0.2, 0) is 11.2 Å². The first-order valence-electron chi connectivity index (χ1n) is 10.2. The van der Waals surface area contributed by atoms with E-state index in [1.54, 1.807) is 0 Å². The lowest BCUT2D eigenvalue weighted by molar-refractivity contribution is -0.116. The van der Waals surface area contributed by atoms with Crippen LogP contribution in [0.2, 0.25) is 0 Å². The van der Waals surface area contributed by atoms with Gasteiger partial charge in [0.1, 0.15) is 4.83 Å². The molecule has 1 amide bonds. The third-order valence-corrected chi connectivity index (χ3v) is 7.26. The van der Waals surface area contributed by atoms with Crippen molar-refractivity contribution in [2.24, 2.45) is 0 Å². The van der Waals surface area contributed by atoms with Crippen LogP contribution in [0.5, 0.6) is 0 Å². The summed E-state index contributed by atoms with van der Waals surface area (Å²) < 4.78 is 0. The van der Waals surface area contributed by atoms with Gasteiger partial charge in [-0.3, -0.25) is 9.59 Å². The second-order valence-electron chi connectivity index (χ2n) is 7.63. The van der Waals surface area contributed by atoms with Crippen LogP contribution >= 0.6 is 23.1 Å². The number of anilines is 1. The quantitative estimate of drug-likeness (QED) is 0.352. The highest BCUT2D eigenvalue weighted by molar-refractivity contribution is 7.99. The van der Waals surface area contributed by atoms with Gasteiger partial charge >= 0.3 is 0 Å². The van der Waals surface area contributed by atoms with E-state index < -0.39 is 0 Å². The maximum atomic E-state index is 12.9. The smallest absolute Gasteiger partial charge is 0.260 e. The van der Waals surface area contributed by atoms with Crippen molar-refractivity contribution in [3.63, 3.8) is 0 Å². The number of fused-ring (bicyclic) bond motifs is 2. The predicted molar refractivity (Wildman–Crippen MR) is 128 cm³/mol. The molecule has 1 aliphatic rings. The average molecular weight is 448 g/mol. The van der Waals surface area contributed by atoms with Gasteiger partial charge in [-0.2, -0.15) is 0 Å². The van der Waals surface area contributed by atoms with E-state index in [0.717, 1.165) is 36.2 Å². The minimum Gasteiger partial charge on any atom is -0.311 e. The van der Waals surface area contributed by atoms with Crippen molar-refractivity contribution in [2.75, 3.05) is 17.2 Å². The maximum Gasteiger partial charge on any atom is 0.260 e. The number of hydrogen-bond acceptors (Lipinski definition) is 5. The Bertz CT molecular complexity index is 1320. The number of H-pyrrole nitrogens is 1. The molecule has 0 saturated heterocycles. The lowest BCUT2D eigenvalue weighted by Crippen LogP contribution is -2.36. The van der Waals surface area contributed by atoms with Gasteiger partial charge in [-0.15, -0.1) is 11.3 Å². The minimum absolute atomic E-state index is 0.0337. The third kappa shape index (κ3) is 3.91. The topological polar surface area (TPSA) is 66.1 Å². The van der Waals surface area contributed by atoms with Crippen LogP contribution in [0.4, 0.5) is 5.69 Å². The van der Waals surface area contributed by atoms with Gasteiger partial charge in [-0.25, -0.2) is 4.98 Å². The van der Waals surface area contributed by atoms with Crippen LogP contribution in [0, 0.1) is 6.92 Å². The molecule has 4 aromatic rings. The molecule has 5 rings (SSSR count). The van der Waals surface area contributed by atoms with Crippen molar-refractivity contribution in [1.29, 1.82) is 0 Å². The molecule has 156 valence electrons. The molecule has 2 aromatic carbocycles. The van der Waals surface area contributed by atoms with Gasteiger partial charge in [0.25, 0.3) is 5.56 Å². The zero-order chi connectivity index (χ0) is 21.4. The van der Waals surface area contributed by atoms with Crippen LogP contribution in [0.3, 0.4) is 0 Å². The number of benzene rings is 2. The fourth-order valence-corrected chi connectivity index (χ4v) is 5.69. The van der Waals surface area contributed by atoms with E-state index in [0.29, 0.717) is 15.4 Å². The standard InChI is InChI=1S/C24H21N3O2S2/c1-15-8-10-16(11-9-15)18-13-30-23-21(18)22(29)25-24(26-23)31-14-20(28)27-12-4-6-17-5-2-3-7-19(17)27/h2-3,5,7-11,13H,4,6,12,14H2,1H3,(H,25,26,29). The molecule has 0 aliphatic carbocycles. The number of hydrogen-bond donors (Lipinski definition) is 1. The number of carbonyl (C=O) groups excluding carboxylic acids is 1. The van der Waals surface area contributed by atoms with Gasteiger partial charge in [0.2, 0.25) is 5.91 Å². The Labute approximate surface area is 188 Å². The van der Waals surface area contributed by atoms with E-state index in [-0.39, 0.29) is 17.2 Å². The first kappa shape index (κ1) is 20.0. The number of rotatable bonds is 4. The summed E-state index contributed by atoms with van der Waals surface area (Å²) in [5, 5.41) is 3.06. The number of aromatic amines is 1. The summed E-state index contributed by atoms with van der Waals surface area (Å²) in [4.78, 5) is 35.7. The summed E-state index contributed by atoms with van der Waals surface area (Å²) in [6.07, 6.45) is 1.96. The van der Waals surface area contributed by atoms with Crippen molar-refractivity contribution in [3.8, 4) is 11.1 Å². The molecule has 0 fully saturated rings. The molecule has 3 heterocycles. The number of para-hydroxylation sites is 1. The van der Waals surface area contributed by atoms with Crippen molar-refractivity contribution >= 4 is 44.9 Å². The Hall–Kier alpha value is -2.90. The second-order valence-corrected chi connectivity index (χ2v) is 9.46. The highest BCUT2D eigenvalue weighted by Crippen LogP contribution is 2.32. The molecule has 31 heavy (non-hydrogen) atoms. The number of aryl methyl sites for hydroxylation is 2. The molecule has 0 radical (unpaired) electrons. The third-order valence-electron chi connectivity index (χ3n) is 5.53. The van der Waals surface area contributed by atoms with Gasteiger partial charge in [-0.05, 0) is 37.0 Å². The zero-order valence-corrected chi connectivity index (χ0v) is 18.7. The van der Waals surface area contributed by atoms with Crippen LogP contribution < -0.4 is 10.5 Å². The van der Waals surface area contributed by atoms with Crippen molar-refractivity contribution in [2.45, 2.75) is 24.9 Å². The van der Waals surface area contributed by atoms with E-state index in [2.05, 4.69) is 16.0 Å². The Kier molecular flexibility index (Phi) is 5.38. The molecular weight excluding hydrogens is 426 g/mol. The van der Waals surface area contributed by atoms with Gasteiger partial charge < -0.3 is 9.88 Å². The lowest BCUT2D eigenvalue weighted by Gasteiger charge is -2.29. The fourth-order valence-electron chi connectivity index (χ4n) is 3.94. The number of thiophene rings is 1. The van der Waals surface area contributed by atoms with E-state index in [4.69, 9.17) is 0 Å². The van der Waals surface area contributed by atoms with Crippen molar-refractivity contribution < 1.29 is 4.79 Å². The SMILES string of the molecule is Cc1ccc(-c2csc3nc(SCC(=O)N4CCCc5ccccc54)[nH]c(=O)c23)cc1. The number of carbonyl (C=O) groups is 1. The first-order chi connectivity index (χ1) is 15.1. The molecule has 7 heteroatoms. The Morgan fingerprint density at radius 2 is 2.00 bits per heavy atom. The van der Waals surface area contributed by atoms with E-state index in [1.807, 2.05) is 59.7 Å². The van der Waals surface area contributed by atoms with Crippen molar-refractivity contribution in [1.82, 2.24) is 9.97 Å². The van der Waals surface area contributed by atoms with Gasteiger partial charge in [0, 0.05) is 23.2 Å². The van der Waals surface area contributed by atoms with Gasteiger partial charge in [0.05, 0.1) is 11.1 Å². The summed E-state index contributed by atoms with van der Waals surface area (Å²) in [5.74, 6) is 0.269. The van der Waals surface area contributed by atoms with Crippen LogP contribution in [0.15, 0.2) is 63.9 Å². The monoisotopic (exact) mass is 447 g/mol. The Balaban J connectivity index is 1.37. The number of aromatic nitrogens is 2. The van der Waals surface area contributed by atoms with Gasteiger partial charge in [-0.1, -0.05) is 59.8 Å². The van der Waals surface area contributed by atoms with Crippen LogP contribution in [-0.4, -0.2) is 28.2 Å². The number of amides is 1. The summed E-state index contributed by atoms with van der Waals surface area (Å²) in [6, 6.07) is 16.2. The normalized spacial score (nSPS) is 13.4. The average Bonchev–Trinajstić information content (AvgIpc) is 3.22. The number of nitrogens with zero attached hydrogens (tertiary/aromatic N) is 2. The molecule has 0 atom stereocenters. The molecule has 0 saturated carbocycles. The fraction of sp³-hybridized carbons (Fsp3) is 0.208. The first-order valence-corrected chi connectivity index (χ1v) is 12.1. The molecule has 5 nitrogen and oxygen atoms in total. The predicted octanol–water partition coefficient (Wildman–Crippen LogP) is 5.03. The zero-order valence-electron chi connectivity index (χ0n) is 17.1. The molecule has 0 spiro atoms. The largest absolute Gasteiger partial charge is 0.311 e.